The van der Waals surface area contributed by atoms with Gasteiger partial charge in [0.1, 0.15) is 5.75 Å². The third kappa shape index (κ3) is 1.35. The molecule has 1 radical (unpaired) electrons. The van der Waals surface area contributed by atoms with Crippen LogP contribution in [0, 0.1) is 6.92 Å². The Kier molecular flexibility index (Phi) is 1.69. The van der Waals surface area contributed by atoms with Gasteiger partial charge in [0, 0.05) is 6.42 Å². The van der Waals surface area contributed by atoms with E-state index in [0.29, 0.717) is 6.42 Å². The van der Waals surface area contributed by atoms with Crippen molar-refractivity contribution in [3.05, 3.63) is 42.3 Å². The van der Waals surface area contributed by atoms with Crippen LogP contribution in [0.1, 0.15) is 11.1 Å². The minimum Gasteiger partial charge on any atom is -0.508 e. The number of hydrogen-bond donors (Lipinski definition) is 1. The van der Waals surface area contributed by atoms with E-state index in [1.54, 1.807) is 24.3 Å². The summed E-state index contributed by atoms with van der Waals surface area (Å²) < 4.78 is 0. The molecule has 0 aromatic heterocycles. The molecule has 0 saturated heterocycles. The Morgan fingerprint density at radius 2 is 2.15 bits per heavy atom. The van der Waals surface area contributed by atoms with Crippen molar-refractivity contribution in [2.45, 2.75) is 6.42 Å². The molecule has 1 aromatic carbocycles. The predicted molar refractivity (Wildman–Crippen MR) is 50.2 cm³/mol. The molecule has 65 valence electrons. The molecule has 0 spiro atoms. The Labute approximate surface area is 76.5 Å². The summed E-state index contributed by atoms with van der Waals surface area (Å²) in [5.74, 6) is 0.240. The van der Waals surface area contributed by atoms with Crippen LogP contribution in [0.15, 0.2) is 24.3 Å². The Balaban J connectivity index is 2.60. The molecule has 2 rings (SSSR count). The zero-order valence-electron chi connectivity index (χ0n) is 7.08. The third-order valence-corrected chi connectivity index (χ3v) is 2.13. The number of phenols is 1. The first kappa shape index (κ1) is 8.05. The molecular formula is C11H9O2. The van der Waals surface area contributed by atoms with Crippen LogP contribution in [0.2, 0.25) is 0 Å². The molecule has 0 amide bonds. The molecule has 0 saturated carbocycles. The van der Waals surface area contributed by atoms with Crippen molar-refractivity contribution >= 4 is 11.4 Å². The number of allylic oxidation sites excluding steroid dienone is 2. The van der Waals surface area contributed by atoms with Gasteiger partial charge in [-0.25, -0.2) is 0 Å². The Bertz CT molecular complexity index is 403. The van der Waals surface area contributed by atoms with E-state index in [1.165, 1.54) is 0 Å². The van der Waals surface area contributed by atoms with Crippen molar-refractivity contribution in [3.8, 4) is 5.75 Å². The molecule has 0 heterocycles. The highest BCUT2D eigenvalue weighted by Gasteiger charge is 2.14. The minimum atomic E-state index is 0.0445. The summed E-state index contributed by atoms with van der Waals surface area (Å²) in [6.45, 7) is 3.78. The van der Waals surface area contributed by atoms with E-state index in [-0.39, 0.29) is 11.5 Å². The van der Waals surface area contributed by atoms with Gasteiger partial charge in [0.25, 0.3) is 0 Å². The molecular weight excluding hydrogens is 164 g/mol. The normalized spacial score (nSPS) is 15.2. The third-order valence-electron chi connectivity index (χ3n) is 2.13. The summed E-state index contributed by atoms with van der Waals surface area (Å²) in [4.78, 5) is 11.1. The van der Waals surface area contributed by atoms with Crippen LogP contribution in [0.4, 0.5) is 0 Å². The molecule has 0 atom stereocenters. The fourth-order valence-corrected chi connectivity index (χ4v) is 1.55. The number of fused-ring (bicyclic) bond motifs is 1. The van der Waals surface area contributed by atoms with Gasteiger partial charge in [-0.05, 0) is 41.8 Å². The molecule has 13 heavy (non-hydrogen) atoms. The van der Waals surface area contributed by atoms with Crippen molar-refractivity contribution in [3.63, 3.8) is 0 Å². The van der Waals surface area contributed by atoms with Gasteiger partial charge in [-0.3, -0.25) is 4.79 Å². The standard InChI is InChI=1S/C11H9O2/c1-7-4-10(13)6-8-5-9(12)2-3-11(7)8/h2-5,12H,1,6H2. The SMILES string of the molecule is [CH2]C1=CC(=O)Cc2cc(O)ccc21. The second kappa shape index (κ2) is 2.73. The van der Waals surface area contributed by atoms with Gasteiger partial charge >= 0.3 is 0 Å². The Morgan fingerprint density at radius 1 is 1.38 bits per heavy atom. The lowest BCUT2D eigenvalue weighted by atomic mass is 9.91. The summed E-state index contributed by atoms with van der Waals surface area (Å²) in [5.41, 5.74) is 2.54. The molecule has 1 N–H and O–H groups in total. The molecule has 1 aliphatic carbocycles. The van der Waals surface area contributed by atoms with E-state index in [0.717, 1.165) is 16.7 Å². The van der Waals surface area contributed by atoms with Gasteiger partial charge in [-0.15, -0.1) is 0 Å². The number of carbonyl (C=O) groups is 1. The number of ketones is 1. The fraction of sp³-hybridized carbons (Fsp3) is 0.0909. The average Bonchev–Trinajstić information content (AvgIpc) is 2.02. The van der Waals surface area contributed by atoms with E-state index in [1.807, 2.05) is 0 Å². The van der Waals surface area contributed by atoms with Crippen LogP contribution in [0.5, 0.6) is 5.75 Å². The van der Waals surface area contributed by atoms with Crippen LogP contribution in [0.3, 0.4) is 0 Å². The molecule has 1 aliphatic rings. The van der Waals surface area contributed by atoms with E-state index >= 15 is 0 Å². The average molecular weight is 173 g/mol. The maximum absolute atomic E-state index is 11.1. The summed E-state index contributed by atoms with van der Waals surface area (Å²) in [6, 6.07) is 5.01. The molecule has 1 aromatic rings. The van der Waals surface area contributed by atoms with Gasteiger partial charge in [-0.2, -0.15) is 0 Å². The Hall–Kier alpha value is -1.57. The lowest BCUT2D eigenvalue weighted by Gasteiger charge is -2.13. The monoisotopic (exact) mass is 173 g/mol. The van der Waals surface area contributed by atoms with Crippen molar-refractivity contribution in [2.24, 2.45) is 0 Å². The van der Waals surface area contributed by atoms with Gasteiger partial charge in [0.15, 0.2) is 5.78 Å². The smallest absolute Gasteiger partial charge is 0.160 e. The number of benzene rings is 1. The molecule has 2 nitrogen and oxygen atoms in total. The topological polar surface area (TPSA) is 37.3 Å². The first-order valence-corrected chi connectivity index (χ1v) is 4.05. The molecule has 2 heteroatoms. The largest absolute Gasteiger partial charge is 0.508 e. The van der Waals surface area contributed by atoms with Crippen molar-refractivity contribution in [1.82, 2.24) is 0 Å². The van der Waals surface area contributed by atoms with Gasteiger partial charge in [0.2, 0.25) is 0 Å². The quantitative estimate of drug-likeness (QED) is 0.648. The predicted octanol–water partition coefficient (Wildman–Crippen LogP) is 1.73. The summed E-state index contributed by atoms with van der Waals surface area (Å²) >= 11 is 0. The summed E-state index contributed by atoms with van der Waals surface area (Å²) in [5, 5.41) is 9.21. The van der Waals surface area contributed by atoms with Crippen LogP contribution >= 0.6 is 0 Å². The summed E-state index contributed by atoms with van der Waals surface area (Å²) in [6.07, 6.45) is 1.90. The number of hydrogen-bond acceptors (Lipinski definition) is 2. The van der Waals surface area contributed by atoms with Crippen molar-refractivity contribution in [2.75, 3.05) is 0 Å². The second-order valence-corrected chi connectivity index (χ2v) is 3.15. The number of aromatic hydroxyl groups is 1. The van der Waals surface area contributed by atoms with E-state index in [2.05, 4.69) is 6.92 Å². The zero-order chi connectivity index (χ0) is 9.42. The maximum atomic E-state index is 11.1. The first-order valence-electron chi connectivity index (χ1n) is 4.05. The number of rotatable bonds is 0. The van der Waals surface area contributed by atoms with E-state index in [4.69, 9.17) is 0 Å². The number of phenolic OH excluding ortho intramolecular Hbond substituents is 1. The molecule has 0 unspecified atom stereocenters. The van der Waals surface area contributed by atoms with Gasteiger partial charge < -0.3 is 5.11 Å². The maximum Gasteiger partial charge on any atom is 0.160 e. The highest BCUT2D eigenvalue weighted by atomic mass is 16.3. The van der Waals surface area contributed by atoms with Gasteiger partial charge in [0.05, 0.1) is 0 Å². The minimum absolute atomic E-state index is 0.0445. The van der Waals surface area contributed by atoms with E-state index < -0.39 is 0 Å². The van der Waals surface area contributed by atoms with Crippen molar-refractivity contribution < 1.29 is 9.90 Å². The van der Waals surface area contributed by atoms with E-state index in [9.17, 15) is 9.90 Å². The van der Waals surface area contributed by atoms with Gasteiger partial charge in [-0.1, -0.05) is 6.07 Å². The highest BCUT2D eigenvalue weighted by molar-refractivity contribution is 6.02. The lowest BCUT2D eigenvalue weighted by molar-refractivity contribution is -0.114. The molecule has 0 bridgehead atoms. The first-order chi connectivity index (χ1) is 6.16. The zero-order valence-corrected chi connectivity index (χ0v) is 7.08. The fourth-order valence-electron chi connectivity index (χ4n) is 1.55. The lowest BCUT2D eigenvalue weighted by Crippen LogP contribution is -2.07. The highest BCUT2D eigenvalue weighted by Crippen LogP contribution is 2.26. The Morgan fingerprint density at radius 3 is 2.92 bits per heavy atom. The number of carbonyl (C=O) groups excluding carboxylic acids is 1. The van der Waals surface area contributed by atoms with Crippen LogP contribution < -0.4 is 0 Å². The van der Waals surface area contributed by atoms with Crippen LogP contribution in [0.25, 0.3) is 5.57 Å². The van der Waals surface area contributed by atoms with Crippen LogP contribution in [-0.2, 0) is 11.2 Å². The second-order valence-electron chi connectivity index (χ2n) is 3.15. The summed E-state index contributed by atoms with van der Waals surface area (Å²) in [7, 11) is 0. The molecule has 0 fully saturated rings. The van der Waals surface area contributed by atoms with Crippen LogP contribution in [-0.4, -0.2) is 10.9 Å². The van der Waals surface area contributed by atoms with Crippen molar-refractivity contribution in [1.29, 1.82) is 0 Å². The molecule has 0 aliphatic heterocycles.